The van der Waals surface area contributed by atoms with Crippen LogP contribution in [0, 0.1) is 17.2 Å². The molecule has 1 saturated heterocycles. The van der Waals surface area contributed by atoms with E-state index in [-0.39, 0.29) is 12.3 Å². The van der Waals surface area contributed by atoms with Crippen LogP contribution in [0.2, 0.25) is 0 Å². The predicted molar refractivity (Wildman–Crippen MR) is 105 cm³/mol. The Morgan fingerprint density at radius 2 is 2.21 bits per heavy atom. The number of thioether (sulfide) groups is 1. The SMILES string of the molecule is CC(=O)OCC1O[C@H](Sc2cc(Br)cnc2C#N)[C@@H](OC(C)=O)C(N=[N+]=[N-])[C@H]1C. The van der Waals surface area contributed by atoms with Gasteiger partial charge < -0.3 is 14.2 Å². The molecule has 1 aliphatic heterocycles. The second-order valence-electron chi connectivity index (χ2n) is 6.20. The van der Waals surface area contributed by atoms with Crippen LogP contribution >= 0.6 is 27.7 Å². The number of carbonyl (C=O) groups is 2. The van der Waals surface area contributed by atoms with E-state index in [1.807, 2.05) is 6.07 Å². The first-order valence-electron chi connectivity index (χ1n) is 8.49. The van der Waals surface area contributed by atoms with Gasteiger partial charge in [0, 0.05) is 34.3 Å². The van der Waals surface area contributed by atoms with E-state index in [2.05, 4.69) is 30.9 Å². The standard InChI is InChI=1S/C17H18BrN5O5S/c1-8-13(7-26-9(2)24)28-17(16(27-10(3)25)15(8)22-23-20)29-14-4-11(18)6-21-12(14)5-19/h4,6,8,13,15-17H,7H2,1-3H3/t8-,13?,15?,16-,17+/m0/s1. The second kappa shape index (κ2) is 10.5. The van der Waals surface area contributed by atoms with Gasteiger partial charge >= 0.3 is 11.9 Å². The van der Waals surface area contributed by atoms with E-state index in [1.165, 1.54) is 20.0 Å². The third-order valence-electron chi connectivity index (χ3n) is 4.15. The van der Waals surface area contributed by atoms with Crippen LogP contribution in [0.15, 0.2) is 26.7 Å². The largest absolute Gasteiger partial charge is 0.463 e. The summed E-state index contributed by atoms with van der Waals surface area (Å²) in [5, 5.41) is 13.1. The van der Waals surface area contributed by atoms with Crippen LogP contribution in [0.5, 0.6) is 0 Å². The second-order valence-corrected chi connectivity index (χ2v) is 8.26. The summed E-state index contributed by atoms with van der Waals surface area (Å²) in [6.45, 7) is 4.22. The molecule has 12 heteroatoms. The van der Waals surface area contributed by atoms with Gasteiger partial charge in [-0.3, -0.25) is 9.59 Å². The minimum absolute atomic E-state index is 0.0559. The summed E-state index contributed by atoms with van der Waals surface area (Å²) < 4.78 is 17.2. The van der Waals surface area contributed by atoms with E-state index in [0.29, 0.717) is 9.37 Å². The Kier molecular flexibility index (Phi) is 8.28. The molecule has 154 valence electrons. The summed E-state index contributed by atoms with van der Waals surface area (Å²) in [6, 6.07) is 2.92. The molecule has 0 N–H and O–H groups in total. The van der Waals surface area contributed by atoms with Gasteiger partial charge in [0.1, 0.15) is 24.2 Å². The molecule has 2 rings (SSSR count). The van der Waals surface area contributed by atoms with Crippen molar-refractivity contribution in [2.45, 2.75) is 49.4 Å². The molecule has 0 aromatic carbocycles. The highest BCUT2D eigenvalue weighted by atomic mass is 79.9. The highest BCUT2D eigenvalue weighted by Crippen LogP contribution is 2.39. The Morgan fingerprint density at radius 3 is 2.79 bits per heavy atom. The van der Waals surface area contributed by atoms with E-state index < -0.39 is 41.5 Å². The summed E-state index contributed by atoms with van der Waals surface area (Å²) in [5.74, 6) is -1.45. The van der Waals surface area contributed by atoms with Gasteiger partial charge in [-0.05, 0) is 33.4 Å². The lowest BCUT2D eigenvalue weighted by Gasteiger charge is -2.43. The van der Waals surface area contributed by atoms with E-state index >= 15 is 0 Å². The number of halogens is 1. The number of ether oxygens (including phenoxy) is 3. The fourth-order valence-corrected chi connectivity index (χ4v) is 4.49. The third-order valence-corrected chi connectivity index (χ3v) is 5.76. The van der Waals surface area contributed by atoms with Crippen molar-refractivity contribution in [1.82, 2.24) is 4.98 Å². The molecule has 1 aromatic heterocycles. The fraction of sp³-hybridized carbons (Fsp3) is 0.529. The van der Waals surface area contributed by atoms with Crippen LogP contribution in [0.25, 0.3) is 10.4 Å². The van der Waals surface area contributed by atoms with Gasteiger partial charge in [-0.1, -0.05) is 23.8 Å². The van der Waals surface area contributed by atoms with E-state index in [0.717, 1.165) is 11.8 Å². The monoisotopic (exact) mass is 483 g/mol. The normalized spacial score (nSPS) is 26.0. The maximum absolute atomic E-state index is 11.7. The van der Waals surface area contributed by atoms with Crippen LogP contribution < -0.4 is 0 Å². The molecular weight excluding hydrogens is 466 g/mol. The lowest BCUT2D eigenvalue weighted by molar-refractivity contribution is -0.176. The van der Waals surface area contributed by atoms with Gasteiger partial charge in [-0.25, -0.2) is 4.98 Å². The molecule has 5 atom stereocenters. The summed E-state index contributed by atoms with van der Waals surface area (Å²) in [4.78, 5) is 30.3. The molecule has 0 radical (unpaired) electrons. The molecule has 0 saturated carbocycles. The number of rotatable bonds is 6. The van der Waals surface area contributed by atoms with Crippen molar-refractivity contribution < 1.29 is 23.8 Å². The van der Waals surface area contributed by atoms with Crippen LogP contribution in [0.1, 0.15) is 26.5 Å². The number of nitriles is 1. The van der Waals surface area contributed by atoms with Crippen LogP contribution in [0.4, 0.5) is 0 Å². The van der Waals surface area contributed by atoms with Crippen molar-refractivity contribution in [2.24, 2.45) is 11.0 Å². The summed E-state index contributed by atoms with van der Waals surface area (Å²) in [7, 11) is 0. The Bertz CT molecular complexity index is 872. The number of azide groups is 1. The van der Waals surface area contributed by atoms with E-state index in [9.17, 15) is 14.9 Å². The number of esters is 2. The van der Waals surface area contributed by atoms with Crippen LogP contribution in [-0.4, -0.2) is 47.2 Å². The molecule has 0 amide bonds. The zero-order chi connectivity index (χ0) is 21.6. The zero-order valence-corrected chi connectivity index (χ0v) is 18.2. The number of pyridine rings is 1. The minimum atomic E-state index is -0.914. The van der Waals surface area contributed by atoms with Gasteiger partial charge in [0.15, 0.2) is 5.69 Å². The molecular formula is C17H18BrN5O5S. The first-order chi connectivity index (χ1) is 13.8. The van der Waals surface area contributed by atoms with Crippen molar-refractivity contribution in [1.29, 1.82) is 5.26 Å². The Morgan fingerprint density at radius 1 is 1.48 bits per heavy atom. The first kappa shape index (κ1) is 23.0. The van der Waals surface area contributed by atoms with Gasteiger partial charge in [-0.2, -0.15) is 5.26 Å². The van der Waals surface area contributed by atoms with Crippen molar-refractivity contribution in [2.75, 3.05) is 6.61 Å². The average Bonchev–Trinajstić information content (AvgIpc) is 2.65. The maximum Gasteiger partial charge on any atom is 0.303 e. The molecule has 0 aliphatic carbocycles. The highest BCUT2D eigenvalue weighted by Gasteiger charge is 2.46. The fourth-order valence-electron chi connectivity index (χ4n) is 2.81. The van der Waals surface area contributed by atoms with Gasteiger partial charge in [0.05, 0.1) is 12.1 Å². The predicted octanol–water partition coefficient (Wildman–Crippen LogP) is 3.34. The first-order valence-corrected chi connectivity index (χ1v) is 10.2. The number of hydrogen-bond donors (Lipinski definition) is 0. The van der Waals surface area contributed by atoms with Crippen molar-refractivity contribution >= 4 is 39.6 Å². The van der Waals surface area contributed by atoms with E-state index in [1.54, 1.807) is 13.0 Å². The van der Waals surface area contributed by atoms with Gasteiger partial charge in [-0.15, -0.1) is 0 Å². The molecule has 1 fully saturated rings. The van der Waals surface area contributed by atoms with Crippen LogP contribution in [0.3, 0.4) is 0 Å². The molecule has 0 bridgehead atoms. The Balaban J connectivity index is 2.41. The molecule has 10 nitrogen and oxygen atoms in total. The topological polar surface area (TPSA) is 147 Å². The molecule has 2 heterocycles. The summed E-state index contributed by atoms with van der Waals surface area (Å²) in [5.41, 5.74) is 8.35. The zero-order valence-electron chi connectivity index (χ0n) is 15.8. The van der Waals surface area contributed by atoms with Gasteiger partial charge in [0.2, 0.25) is 0 Å². The molecule has 2 unspecified atom stereocenters. The molecule has 1 aromatic rings. The lowest BCUT2D eigenvalue weighted by atomic mass is 9.89. The van der Waals surface area contributed by atoms with Crippen molar-refractivity contribution in [3.8, 4) is 6.07 Å². The van der Waals surface area contributed by atoms with Gasteiger partial charge in [0.25, 0.3) is 0 Å². The number of carbonyl (C=O) groups excluding carboxylic acids is 2. The quantitative estimate of drug-likeness (QED) is 0.258. The molecule has 29 heavy (non-hydrogen) atoms. The number of hydrogen-bond acceptors (Lipinski definition) is 9. The van der Waals surface area contributed by atoms with Crippen LogP contribution in [-0.2, 0) is 23.8 Å². The summed E-state index contributed by atoms with van der Waals surface area (Å²) >= 11 is 4.42. The smallest absolute Gasteiger partial charge is 0.303 e. The minimum Gasteiger partial charge on any atom is -0.463 e. The molecule has 1 aliphatic rings. The third kappa shape index (κ3) is 6.08. The molecule has 0 spiro atoms. The number of aromatic nitrogens is 1. The Labute approximate surface area is 179 Å². The summed E-state index contributed by atoms with van der Waals surface area (Å²) in [6.07, 6.45) is -0.0331. The van der Waals surface area contributed by atoms with Crippen molar-refractivity contribution in [3.05, 3.63) is 32.9 Å². The van der Waals surface area contributed by atoms with E-state index in [4.69, 9.17) is 19.7 Å². The highest BCUT2D eigenvalue weighted by molar-refractivity contribution is 9.10. The average molecular weight is 484 g/mol. The lowest BCUT2D eigenvalue weighted by Crippen LogP contribution is -2.54. The maximum atomic E-state index is 11.7. The van der Waals surface area contributed by atoms with Crippen molar-refractivity contribution in [3.63, 3.8) is 0 Å². The Hall–Kier alpha value is -2.32. The number of nitrogens with zero attached hydrogens (tertiary/aromatic N) is 5.